The van der Waals surface area contributed by atoms with Crippen LogP contribution in [0, 0.1) is 13.8 Å². The van der Waals surface area contributed by atoms with Crippen molar-refractivity contribution in [2.75, 3.05) is 13.6 Å². The van der Waals surface area contributed by atoms with Crippen LogP contribution in [0.2, 0.25) is 0 Å². The third-order valence-electron chi connectivity index (χ3n) is 3.09. The average Bonchev–Trinajstić information content (AvgIpc) is 2.82. The minimum atomic E-state index is 0. The molecule has 0 amide bonds. The second-order valence-electron chi connectivity index (χ2n) is 4.67. The van der Waals surface area contributed by atoms with Crippen LogP contribution in [0.25, 0.3) is 0 Å². The molecule has 0 atom stereocenters. The van der Waals surface area contributed by atoms with Gasteiger partial charge in [0.1, 0.15) is 0 Å². The summed E-state index contributed by atoms with van der Waals surface area (Å²) in [6, 6.07) is 5.88. The fourth-order valence-electron chi connectivity index (χ4n) is 1.83. The van der Waals surface area contributed by atoms with E-state index in [2.05, 4.69) is 39.4 Å². The largest absolute Gasteiger partial charge is 0.356 e. The van der Waals surface area contributed by atoms with Gasteiger partial charge in [-0.05, 0) is 26.0 Å². The van der Waals surface area contributed by atoms with Gasteiger partial charge in [0.05, 0.1) is 22.9 Å². The highest BCUT2D eigenvalue weighted by Crippen LogP contribution is 2.16. The van der Waals surface area contributed by atoms with Gasteiger partial charge in [-0.2, -0.15) is 0 Å². The van der Waals surface area contributed by atoms with Crippen LogP contribution in [0.4, 0.5) is 0 Å². The molecule has 5 nitrogen and oxygen atoms in total. The number of nitrogens with one attached hydrogen (secondary N) is 2. The summed E-state index contributed by atoms with van der Waals surface area (Å²) in [5.74, 6) is 0.783. The van der Waals surface area contributed by atoms with Crippen LogP contribution < -0.4 is 10.6 Å². The molecule has 0 saturated heterocycles. The lowest BCUT2D eigenvalue weighted by molar-refractivity contribution is 0.780. The Bertz CT molecular complexity index is 578. The van der Waals surface area contributed by atoms with E-state index < -0.39 is 0 Å². The van der Waals surface area contributed by atoms with E-state index in [1.165, 1.54) is 4.88 Å². The van der Waals surface area contributed by atoms with Gasteiger partial charge in [-0.1, -0.05) is 6.07 Å². The second-order valence-corrected chi connectivity index (χ2v) is 5.96. The first kappa shape index (κ1) is 18.8. The van der Waals surface area contributed by atoms with E-state index in [4.69, 9.17) is 0 Å². The summed E-state index contributed by atoms with van der Waals surface area (Å²) < 4.78 is 0. The summed E-state index contributed by atoms with van der Waals surface area (Å²) >= 11 is 1.76. The topological polar surface area (TPSA) is 62.2 Å². The van der Waals surface area contributed by atoms with Crippen molar-refractivity contribution < 1.29 is 0 Å². The zero-order chi connectivity index (χ0) is 15.1. The SMILES string of the molecule is CN=C(NCCc1nc(C)c(C)s1)NCc1ccccn1.I. The number of guanidine groups is 1. The maximum Gasteiger partial charge on any atom is 0.191 e. The van der Waals surface area contributed by atoms with E-state index in [1.54, 1.807) is 24.6 Å². The number of halogens is 1. The summed E-state index contributed by atoms with van der Waals surface area (Å²) in [6.07, 6.45) is 2.70. The van der Waals surface area contributed by atoms with Gasteiger partial charge >= 0.3 is 0 Å². The quantitative estimate of drug-likeness (QED) is 0.434. The van der Waals surface area contributed by atoms with E-state index in [0.29, 0.717) is 6.54 Å². The Morgan fingerprint density at radius 2 is 2.09 bits per heavy atom. The third-order valence-corrected chi connectivity index (χ3v) is 4.22. The Hall–Kier alpha value is -1.22. The van der Waals surface area contributed by atoms with Crippen LogP contribution in [0.15, 0.2) is 29.4 Å². The number of pyridine rings is 1. The van der Waals surface area contributed by atoms with Crippen molar-refractivity contribution in [3.05, 3.63) is 45.7 Å². The zero-order valence-corrected chi connectivity index (χ0v) is 16.2. The van der Waals surface area contributed by atoms with Gasteiger partial charge < -0.3 is 10.6 Å². The Balaban J connectivity index is 0.00000242. The first-order valence-corrected chi connectivity index (χ1v) is 7.78. The first-order valence-electron chi connectivity index (χ1n) is 6.96. The third kappa shape index (κ3) is 5.88. The molecule has 120 valence electrons. The molecular formula is C15H22IN5S. The molecule has 0 aliphatic carbocycles. The molecule has 0 aliphatic rings. The van der Waals surface area contributed by atoms with Gasteiger partial charge in [-0.15, -0.1) is 35.3 Å². The number of aromatic nitrogens is 2. The van der Waals surface area contributed by atoms with Crippen molar-refractivity contribution in [3.8, 4) is 0 Å². The minimum Gasteiger partial charge on any atom is -0.356 e. The van der Waals surface area contributed by atoms with E-state index in [0.717, 1.165) is 35.3 Å². The van der Waals surface area contributed by atoms with Gasteiger partial charge in [-0.3, -0.25) is 9.98 Å². The van der Waals surface area contributed by atoms with Gasteiger partial charge in [0.25, 0.3) is 0 Å². The molecule has 0 radical (unpaired) electrons. The molecule has 0 aromatic carbocycles. The van der Waals surface area contributed by atoms with Gasteiger partial charge in [0, 0.05) is 31.1 Å². The number of nitrogens with zero attached hydrogens (tertiary/aromatic N) is 3. The molecule has 0 spiro atoms. The Morgan fingerprint density at radius 3 is 2.68 bits per heavy atom. The summed E-state index contributed by atoms with van der Waals surface area (Å²) in [6.45, 7) is 5.64. The Kier molecular flexibility index (Phi) is 8.32. The standard InChI is InChI=1S/C15H21N5S.HI/c1-11-12(2)21-14(20-11)7-9-18-15(16-3)19-10-13-6-4-5-8-17-13;/h4-6,8H,7,9-10H2,1-3H3,(H2,16,18,19);1H. The fourth-order valence-corrected chi connectivity index (χ4v) is 2.77. The normalized spacial score (nSPS) is 11.0. The molecule has 7 heteroatoms. The van der Waals surface area contributed by atoms with Crippen LogP contribution in [0.3, 0.4) is 0 Å². The number of rotatable bonds is 5. The molecule has 2 rings (SSSR count). The molecule has 0 aliphatic heterocycles. The summed E-state index contributed by atoms with van der Waals surface area (Å²) in [5, 5.41) is 7.71. The highest BCUT2D eigenvalue weighted by molar-refractivity contribution is 14.0. The lowest BCUT2D eigenvalue weighted by atomic mass is 10.3. The van der Waals surface area contributed by atoms with Crippen LogP contribution in [0.5, 0.6) is 0 Å². The van der Waals surface area contributed by atoms with Gasteiger partial charge in [0.2, 0.25) is 0 Å². The predicted octanol–water partition coefficient (Wildman–Crippen LogP) is 2.68. The maximum atomic E-state index is 4.53. The Morgan fingerprint density at radius 1 is 1.27 bits per heavy atom. The molecular weight excluding hydrogens is 409 g/mol. The lowest BCUT2D eigenvalue weighted by Crippen LogP contribution is -2.38. The fraction of sp³-hybridized carbons (Fsp3) is 0.400. The second kappa shape index (κ2) is 9.73. The maximum absolute atomic E-state index is 4.53. The first-order chi connectivity index (χ1) is 10.2. The molecule has 2 N–H and O–H groups in total. The number of hydrogen-bond acceptors (Lipinski definition) is 4. The average molecular weight is 431 g/mol. The summed E-state index contributed by atoms with van der Waals surface area (Å²) in [5.41, 5.74) is 2.12. The molecule has 2 heterocycles. The molecule has 22 heavy (non-hydrogen) atoms. The molecule has 0 unspecified atom stereocenters. The molecule has 0 saturated carbocycles. The number of aliphatic imine (C=N–C) groups is 1. The van der Waals surface area contributed by atoms with E-state index in [9.17, 15) is 0 Å². The van der Waals surface area contributed by atoms with Crippen LogP contribution >= 0.6 is 35.3 Å². The van der Waals surface area contributed by atoms with Crippen LogP contribution in [0.1, 0.15) is 21.3 Å². The number of hydrogen-bond donors (Lipinski definition) is 2. The van der Waals surface area contributed by atoms with Crippen molar-refractivity contribution in [3.63, 3.8) is 0 Å². The van der Waals surface area contributed by atoms with Crippen molar-refractivity contribution in [1.82, 2.24) is 20.6 Å². The molecule has 0 fully saturated rings. The lowest BCUT2D eigenvalue weighted by Gasteiger charge is -2.10. The smallest absolute Gasteiger partial charge is 0.191 e. The van der Waals surface area contributed by atoms with Gasteiger partial charge in [0.15, 0.2) is 5.96 Å². The summed E-state index contributed by atoms with van der Waals surface area (Å²) in [7, 11) is 1.77. The molecule has 0 bridgehead atoms. The molecule has 2 aromatic heterocycles. The van der Waals surface area contributed by atoms with Gasteiger partial charge in [-0.25, -0.2) is 4.98 Å². The van der Waals surface area contributed by atoms with E-state index in [1.807, 2.05) is 18.2 Å². The van der Waals surface area contributed by atoms with Crippen molar-refractivity contribution >= 4 is 41.3 Å². The monoisotopic (exact) mass is 431 g/mol. The van der Waals surface area contributed by atoms with E-state index in [-0.39, 0.29) is 24.0 Å². The summed E-state index contributed by atoms with van der Waals surface area (Å²) in [4.78, 5) is 14.3. The minimum absolute atomic E-state index is 0. The highest BCUT2D eigenvalue weighted by Gasteiger charge is 2.04. The number of aryl methyl sites for hydroxylation is 2. The van der Waals surface area contributed by atoms with E-state index >= 15 is 0 Å². The van der Waals surface area contributed by atoms with Crippen molar-refractivity contribution in [1.29, 1.82) is 0 Å². The highest BCUT2D eigenvalue weighted by atomic mass is 127. The van der Waals surface area contributed by atoms with Crippen LogP contribution in [-0.4, -0.2) is 29.5 Å². The molecule has 2 aromatic rings. The predicted molar refractivity (Wildman–Crippen MR) is 103 cm³/mol. The van der Waals surface area contributed by atoms with Crippen molar-refractivity contribution in [2.24, 2.45) is 4.99 Å². The van der Waals surface area contributed by atoms with Crippen molar-refractivity contribution in [2.45, 2.75) is 26.8 Å². The number of thiazole rings is 1. The zero-order valence-electron chi connectivity index (χ0n) is 13.1. The Labute approximate surface area is 152 Å². The van der Waals surface area contributed by atoms with Crippen LogP contribution in [-0.2, 0) is 13.0 Å².